The van der Waals surface area contributed by atoms with Crippen LogP contribution in [0.25, 0.3) is 11.0 Å². The van der Waals surface area contributed by atoms with Crippen LogP contribution in [0.1, 0.15) is 45.1 Å². The summed E-state index contributed by atoms with van der Waals surface area (Å²) in [7, 11) is -3.96. The summed E-state index contributed by atoms with van der Waals surface area (Å²) in [6.45, 7) is 4.23. The molecule has 2 N–H and O–H groups in total. The van der Waals surface area contributed by atoms with Crippen LogP contribution in [0.4, 0.5) is 11.4 Å². The molecule has 0 spiro atoms. The van der Waals surface area contributed by atoms with Crippen LogP contribution in [0.5, 0.6) is 0 Å². The van der Waals surface area contributed by atoms with Crippen LogP contribution in [0.2, 0.25) is 0 Å². The highest BCUT2D eigenvalue weighted by Crippen LogP contribution is 2.33. The Morgan fingerprint density at radius 3 is 2.35 bits per heavy atom. The van der Waals surface area contributed by atoms with E-state index in [0.29, 0.717) is 22.6 Å². The lowest BCUT2D eigenvalue weighted by atomic mass is 10.0. The van der Waals surface area contributed by atoms with E-state index in [1.165, 1.54) is 0 Å². The van der Waals surface area contributed by atoms with Gasteiger partial charge in [0.2, 0.25) is 0 Å². The maximum absolute atomic E-state index is 13.1. The molecule has 1 aliphatic rings. The molecule has 1 heterocycles. The summed E-state index contributed by atoms with van der Waals surface area (Å²) >= 11 is 0. The zero-order valence-corrected chi connectivity index (χ0v) is 18.7. The largest absolute Gasteiger partial charge is 0.421 e. The van der Waals surface area contributed by atoms with Gasteiger partial charge in [-0.1, -0.05) is 51.0 Å². The maximum atomic E-state index is 13.1. The first kappa shape index (κ1) is 21.4. The van der Waals surface area contributed by atoms with E-state index in [9.17, 15) is 13.2 Å². The van der Waals surface area contributed by atoms with Gasteiger partial charge in [-0.05, 0) is 55.0 Å². The van der Waals surface area contributed by atoms with Crippen molar-refractivity contribution in [1.29, 1.82) is 0 Å². The van der Waals surface area contributed by atoms with Gasteiger partial charge in [0.1, 0.15) is 5.58 Å². The number of benzene rings is 2. The van der Waals surface area contributed by atoms with Crippen molar-refractivity contribution in [2.75, 3.05) is 10.0 Å². The minimum atomic E-state index is -3.96. The number of fused-ring (bicyclic) bond motifs is 1. The van der Waals surface area contributed by atoms with Gasteiger partial charge in [0.15, 0.2) is 5.69 Å². The Hall–Kier alpha value is -2.80. The Morgan fingerprint density at radius 1 is 1.00 bits per heavy atom. The lowest BCUT2D eigenvalue weighted by Gasteiger charge is -2.19. The van der Waals surface area contributed by atoms with Gasteiger partial charge in [-0.2, -0.15) is 0 Å². The SMILES string of the molecule is CC(C)Cc1ccc(S(=O)(=O)Nc2c(NC3CCCC3)c3ccccc3oc2=O)cc1. The fourth-order valence-corrected chi connectivity index (χ4v) is 5.20. The fraction of sp³-hybridized carbons (Fsp3) is 0.375. The van der Waals surface area contributed by atoms with Crippen molar-refractivity contribution in [2.45, 2.75) is 56.9 Å². The molecule has 0 atom stereocenters. The Balaban J connectivity index is 1.72. The molecule has 1 aliphatic carbocycles. The van der Waals surface area contributed by atoms with Crippen LogP contribution in [0.3, 0.4) is 0 Å². The molecule has 2 aromatic carbocycles. The molecule has 31 heavy (non-hydrogen) atoms. The molecule has 0 amide bonds. The lowest BCUT2D eigenvalue weighted by molar-refractivity contribution is 0.562. The molecule has 0 radical (unpaired) electrons. The topological polar surface area (TPSA) is 88.4 Å². The first-order valence-electron chi connectivity index (χ1n) is 10.8. The van der Waals surface area contributed by atoms with Gasteiger partial charge in [0.25, 0.3) is 10.0 Å². The third-order valence-electron chi connectivity index (χ3n) is 5.63. The van der Waals surface area contributed by atoms with Crippen LogP contribution < -0.4 is 15.7 Å². The van der Waals surface area contributed by atoms with Gasteiger partial charge in [-0.3, -0.25) is 4.72 Å². The molecule has 1 saturated carbocycles. The van der Waals surface area contributed by atoms with E-state index in [0.717, 1.165) is 37.7 Å². The van der Waals surface area contributed by atoms with Gasteiger partial charge in [0.05, 0.1) is 10.6 Å². The fourth-order valence-electron chi connectivity index (χ4n) is 4.14. The molecule has 1 aromatic heterocycles. The van der Waals surface area contributed by atoms with Crippen molar-refractivity contribution in [3.63, 3.8) is 0 Å². The third-order valence-corrected chi connectivity index (χ3v) is 7.00. The van der Waals surface area contributed by atoms with Gasteiger partial charge in [-0.25, -0.2) is 13.2 Å². The number of anilines is 2. The third kappa shape index (κ3) is 4.77. The van der Waals surface area contributed by atoms with Crippen LogP contribution >= 0.6 is 0 Å². The molecular formula is C24H28N2O4S. The van der Waals surface area contributed by atoms with E-state index in [2.05, 4.69) is 23.9 Å². The second kappa shape index (κ2) is 8.75. The summed E-state index contributed by atoms with van der Waals surface area (Å²) in [6, 6.07) is 14.1. The summed E-state index contributed by atoms with van der Waals surface area (Å²) in [5.74, 6) is 0.479. The molecule has 1 fully saturated rings. The normalized spacial score (nSPS) is 14.9. The van der Waals surface area contributed by atoms with E-state index in [1.54, 1.807) is 24.3 Å². The molecular weight excluding hydrogens is 412 g/mol. The molecule has 164 valence electrons. The zero-order chi connectivity index (χ0) is 22.0. The minimum Gasteiger partial charge on any atom is -0.421 e. The summed E-state index contributed by atoms with van der Waals surface area (Å²) in [5.41, 5.74) is 1.20. The lowest BCUT2D eigenvalue weighted by Crippen LogP contribution is -2.23. The van der Waals surface area contributed by atoms with Crippen molar-refractivity contribution in [1.82, 2.24) is 0 Å². The number of hydrogen-bond acceptors (Lipinski definition) is 5. The standard InChI is InChI=1S/C24H28N2O4S/c1-16(2)15-17-11-13-19(14-12-17)31(28,29)26-23-22(25-18-7-3-4-8-18)20-9-5-6-10-21(20)30-24(23)27/h5-6,9-14,16,18,25-26H,3-4,7-8,15H2,1-2H3. The highest BCUT2D eigenvalue weighted by atomic mass is 32.2. The zero-order valence-electron chi connectivity index (χ0n) is 17.9. The summed E-state index contributed by atoms with van der Waals surface area (Å²) in [4.78, 5) is 12.9. The van der Waals surface area contributed by atoms with Gasteiger partial charge in [0, 0.05) is 11.4 Å². The average Bonchev–Trinajstić information content (AvgIpc) is 3.24. The number of sulfonamides is 1. The minimum absolute atomic E-state index is 0.0724. The second-order valence-corrected chi connectivity index (χ2v) is 10.3. The van der Waals surface area contributed by atoms with Crippen molar-refractivity contribution in [2.24, 2.45) is 5.92 Å². The summed E-state index contributed by atoms with van der Waals surface area (Å²) < 4.78 is 34.1. The number of para-hydroxylation sites is 1. The molecule has 0 unspecified atom stereocenters. The van der Waals surface area contributed by atoms with E-state index >= 15 is 0 Å². The Morgan fingerprint density at radius 2 is 1.68 bits per heavy atom. The van der Waals surface area contributed by atoms with Crippen molar-refractivity contribution in [3.8, 4) is 0 Å². The maximum Gasteiger partial charge on any atom is 0.363 e. The van der Waals surface area contributed by atoms with Crippen molar-refractivity contribution < 1.29 is 12.8 Å². The van der Waals surface area contributed by atoms with Crippen molar-refractivity contribution >= 4 is 32.4 Å². The molecule has 6 nitrogen and oxygen atoms in total. The molecule has 0 saturated heterocycles. The van der Waals surface area contributed by atoms with Gasteiger partial charge >= 0.3 is 5.63 Å². The van der Waals surface area contributed by atoms with E-state index < -0.39 is 15.6 Å². The Labute approximate surface area is 182 Å². The highest BCUT2D eigenvalue weighted by Gasteiger charge is 2.24. The van der Waals surface area contributed by atoms with Crippen LogP contribution in [0, 0.1) is 5.92 Å². The molecule has 4 rings (SSSR count). The van der Waals surface area contributed by atoms with E-state index in [-0.39, 0.29) is 16.6 Å². The average molecular weight is 441 g/mol. The number of hydrogen-bond donors (Lipinski definition) is 2. The van der Waals surface area contributed by atoms with Crippen LogP contribution in [-0.2, 0) is 16.4 Å². The Bertz CT molecular complexity index is 1220. The van der Waals surface area contributed by atoms with Crippen LogP contribution in [-0.4, -0.2) is 14.5 Å². The first-order valence-corrected chi connectivity index (χ1v) is 12.3. The molecule has 0 aliphatic heterocycles. The number of rotatable bonds is 7. The van der Waals surface area contributed by atoms with Crippen molar-refractivity contribution in [3.05, 3.63) is 64.5 Å². The predicted molar refractivity (Wildman–Crippen MR) is 124 cm³/mol. The Kier molecular flexibility index (Phi) is 6.05. The monoisotopic (exact) mass is 440 g/mol. The molecule has 7 heteroatoms. The highest BCUT2D eigenvalue weighted by molar-refractivity contribution is 7.92. The van der Waals surface area contributed by atoms with Crippen LogP contribution in [0.15, 0.2) is 62.6 Å². The molecule has 0 bridgehead atoms. The van der Waals surface area contributed by atoms with E-state index in [1.807, 2.05) is 24.3 Å². The van der Waals surface area contributed by atoms with Gasteiger partial charge in [-0.15, -0.1) is 0 Å². The molecule has 3 aromatic rings. The summed E-state index contributed by atoms with van der Waals surface area (Å²) in [6.07, 6.45) is 5.06. The predicted octanol–water partition coefficient (Wildman–Crippen LogP) is 5.15. The second-order valence-electron chi connectivity index (χ2n) is 8.61. The number of nitrogens with one attached hydrogen (secondary N) is 2. The first-order chi connectivity index (χ1) is 14.8. The smallest absolute Gasteiger partial charge is 0.363 e. The quantitative estimate of drug-likeness (QED) is 0.496. The van der Waals surface area contributed by atoms with E-state index in [4.69, 9.17) is 4.42 Å². The van der Waals surface area contributed by atoms with Gasteiger partial charge < -0.3 is 9.73 Å². The summed E-state index contributed by atoms with van der Waals surface area (Å²) in [5, 5.41) is 4.09.